The highest BCUT2D eigenvalue weighted by molar-refractivity contribution is 6.35. The highest BCUT2D eigenvalue weighted by Gasteiger charge is 2.13. The number of carbonyl (C=O) groups excluding carboxylic acids is 1. The van der Waals surface area contributed by atoms with Crippen LogP contribution in [0.15, 0.2) is 36.9 Å². The molecular formula is C12H11Cl2N3O. The first-order valence-electron chi connectivity index (χ1n) is 5.31. The molecule has 1 atom stereocenters. The number of halogens is 2. The van der Waals surface area contributed by atoms with Gasteiger partial charge in [0.15, 0.2) is 0 Å². The SMILES string of the molecule is CC(NC(=O)n1ccnc1)c1ccc(Cl)cc1Cl. The second-order valence-electron chi connectivity index (χ2n) is 3.81. The number of benzene rings is 1. The number of amides is 1. The van der Waals surface area contributed by atoms with Gasteiger partial charge < -0.3 is 5.32 Å². The summed E-state index contributed by atoms with van der Waals surface area (Å²) in [7, 11) is 0. The minimum absolute atomic E-state index is 0.218. The average molecular weight is 284 g/mol. The average Bonchev–Trinajstić information content (AvgIpc) is 2.81. The van der Waals surface area contributed by atoms with Gasteiger partial charge in [-0.25, -0.2) is 9.78 Å². The Labute approximate surface area is 115 Å². The Morgan fingerprint density at radius 1 is 1.44 bits per heavy atom. The van der Waals surface area contributed by atoms with Gasteiger partial charge in [0.25, 0.3) is 0 Å². The number of nitrogens with zero attached hydrogens (tertiary/aromatic N) is 2. The lowest BCUT2D eigenvalue weighted by Gasteiger charge is -2.15. The molecule has 0 aliphatic carbocycles. The molecule has 1 N–H and O–H groups in total. The van der Waals surface area contributed by atoms with Gasteiger partial charge in [0.05, 0.1) is 6.04 Å². The number of aromatic nitrogens is 2. The van der Waals surface area contributed by atoms with Crippen LogP contribution in [0.4, 0.5) is 4.79 Å². The molecular weight excluding hydrogens is 273 g/mol. The molecule has 0 spiro atoms. The lowest BCUT2D eigenvalue weighted by molar-refractivity contribution is 0.239. The van der Waals surface area contributed by atoms with Crippen molar-refractivity contribution >= 4 is 29.2 Å². The van der Waals surface area contributed by atoms with E-state index in [1.54, 1.807) is 30.6 Å². The highest BCUT2D eigenvalue weighted by atomic mass is 35.5. The third-order valence-electron chi connectivity index (χ3n) is 2.51. The Hall–Kier alpha value is -1.52. The molecule has 1 unspecified atom stereocenters. The summed E-state index contributed by atoms with van der Waals surface area (Å²) >= 11 is 11.9. The molecule has 94 valence electrons. The number of hydrogen-bond acceptors (Lipinski definition) is 2. The summed E-state index contributed by atoms with van der Waals surface area (Å²) < 4.78 is 1.36. The maximum atomic E-state index is 11.8. The fourth-order valence-corrected chi connectivity index (χ4v) is 2.14. The molecule has 0 bridgehead atoms. The lowest BCUT2D eigenvalue weighted by Crippen LogP contribution is -2.30. The van der Waals surface area contributed by atoms with Crippen LogP contribution in [0.2, 0.25) is 10.0 Å². The molecule has 0 saturated carbocycles. The van der Waals surface area contributed by atoms with E-state index in [9.17, 15) is 4.79 Å². The van der Waals surface area contributed by atoms with Gasteiger partial charge in [0.2, 0.25) is 0 Å². The van der Waals surface area contributed by atoms with Gasteiger partial charge in [-0.2, -0.15) is 0 Å². The number of imidazole rings is 1. The summed E-state index contributed by atoms with van der Waals surface area (Å²) in [6.45, 7) is 1.85. The molecule has 2 rings (SSSR count). The fraction of sp³-hybridized carbons (Fsp3) is 0.167. The zero-order valence-electron chi connectivity index (χ0n) is 9.60. The van der Waals surface area contributed by atoms with Crippen LogP contribution in [-0.2, 0) is 0 Å². The van der Waals surface area contributed by atoms with Crippen molar-refractivity contribution in [3.8, 4) is 0 Å². The van der Waals surface area contributed by atoms with Crippen molar-refractivity contribution < 1.29 is 4.79 Å². The van der Waals surface area contributed by atoms with Gasteiger partial charge in [0.1, 0.15) is 6.33 Å². The van der Waals surface area contributed by atoms with E-state index in [0.717, 1.165) is 5.56 Å². The summed E-state index contributed by atoms with van der Waals surface area (Å²) in [5.41, 5.74) is 0.814. The fourth-order valence-electron chi connectivity index (χ4n) is 1.57. The first-order valence-corrected chi connectivity index (χ1v) is 6.07. The van der Waals surface area contributed by atoms with Crippen LogP contribution in [0.5, 0.6) is 0 Å². The van der Waals surface area contributed by atoms with Crippen molar-refractivity contribution in [1.29, 1.82) is 0 Å². The largest absolute Gasteiger partial charge is 0.331 e. The van der Waals surface area contributed by atoms with E-state index in [2.05, 4.69) is 10.3 Å². The summed E-state index contributed by atoms with van der Waals surface area (Å²) in [5, 5.41) is 3.91. The predicted octanol–water partition coefficient (Wildman–Crippen LogP) is 3.51. The molecule has 4 nitrogen and oxygen atoms in total. The maximum absolute atomic E-state index is 11.8. The Balaban J connectivity index is 2.12. The molecule has 18 heavy (non-hydrogen) atoms. The summed E-state index contributed by atoms with van der Waals surface area (Å²) in [4.78, 5) is 15.6. The minimum atomic E-state index is -0.258. The molecule has 0 aliphatic rings. The molecule has 1 aromatic heterocycles. The standard InChI is InChI=1S/C12H11Cl2N3O/c1-8(10-3-2-9(13)6-11(10)14)16-12(18)17-5-4-15-7-17/h2-8H,1H3,(H,16,18). The first-order chi connectivity index (χ1) is 8.58. The Morgan fingerprint density at radius 3 is 2.83 bits per heavy atom. The zero-order chi connectivity index (χ0) is 13.1. The molecule has 1 amide bonds. The van der Waals surface area contributed by atoms with E-state index in [1.165, 1.54) is 10.9 Å². The van der Waals surface area contributed by atoms with Gasteiger partial charge in [0, 0.05) is 22.4 Å². The monoisotopic (exact) mass is 283 g/mol. The number of hydrogen-bond donors (Lipinski definition) is 1. The van der Waals surface area contributed by atoms with Crippen molar-refractivity contribution in [2.45, 2.75) is 13.0 Å². The molecule has 1 heterocycles. The van der Waals surface area contributed by atoms with Crippen LogP contribution < -0.4 is 5.32 Å². The van der Waals surface area contributed by atoms with Gasteiger partial charge in [-0.05, 0) is 24.6 Å². The van der Waals surface area contributed by atoms with Crippen molar-refractivity contribution in [3.63, 3.8) is 0 Å². The van der Waals surface area contributed by atoms with E-state index >= 15 is 0 Å². The second-order valence-corrected chi connectivity index (χ2v) is 4.65. The van der Waals surface area contributed by atoms with Gasteiger partial charge in [-0.3, -0.25) is 4.57 Å². The third-order valence-corrected chi connectivity index (χ3v) is 3.07. The van der Waals surface area contributed by atoms with Crippen LogP contribution in [0.3, 0.4) is 0 Å². The van der Waals surface area contributed by atoms with E-state index in [0.29, 0.717) is 10.0 Å². The van der Waals surface area contributed by atoms with Crippen LogP contribution in [0.25, 0.3) is 0 Å². The number of carbonyl (C=O) groups is 1. The van der Waals surface area contributed by atoms with Crippen LogP contribution in [-0.4, -0.2) is 15.6 Å². The van der Waals surface area contributed by atoms with Crippen molar-refractivity contribution in [2.75, 3.05) is 0 Å². The summed E-state index contributed by atoms with van der Waals surface area (Å²) in [6.07, 6.45) is 4.55. The Bertz CT molecular complexity index is 554. The summed E-state index contributed by atoms with van der Waals surface area (Å²) in [6, 6.07) is 4.71. The molecule has 1 aromatic carbocycles. The number of rotatable bonds is 2. The van der Waals surface area contributed by atoms with E-state index < -0.39 is 0 Å². The second kappa shape index (κ2) is 5.42. The van der Waals surface area contributed by atoms with Crippen LogP contribution in [0, 0.1) is 0 Å². The van der Waals surface area contributed by atoms with Crippen molar-refractivity contribution in [3.05, 3.63) is 52.5 Å². The van der Waals surface area contributed by atoms with Crippen molar-refractivity contribution in [2.24, 2.45) is 0 Å². The quantitative estimate of drug-likeness (QED) is 0.917. The van der Waals surface area contributed by atoms with Gasteiger partial charge in [-0.15, -0.1) is 0 Å². The lowest BCUT2D eigenvalue weighted by atomic mass is 10.1. The summed E-state index contributed by atoms with van der Waals surface area (Å²) in [5.74, 6) is 0. The predicted molar refractivity (Wildman–Crippen MR) is 71.0 cm³/mol. The van der Waals surface area contributed by atoms with E-state index in [4.69, 9.17) is 23.2 Å². The van der Waals surface area contributed by atoms with E-state index in [1.807, 2.05) is 6.92 Å². The Morgan fingerprint density at radius 2 is 2.22 bits per heavy atom. The number of nitrogens with one attached hydrogen (secondary N) is 1. The Kier molecular flexibility index (Phi) is 3.89. The van der Waals surface area contributed by atoms with Crippen LogP contribution >= 0.6 is 23.2 Å². The van der Waals surface area contributed by atoms with Gasteiger partial charge >= 0.3 is 6.03 Å². The normalized spacial score (nSPS) is 12.2. The zero-order valence-corrected chi connectivity index (χ0v) is 11.1. The molecule has 6 heteroatoms. The third kappa shape index (κ3) is 2.83. The molecule has 0 fully saturated rings. The first kappa shape index (κ1) is 12.9. The molecule has 0 aliphatic heterocycles. The van der Waals surface area contributed by atoms with Gasteiger partial charge in [-0.1, -0.05) is 29.3 Å². The van der Waals surface area contributed by atoms with E-state index in [-0.39, 0.29) is 12.1 Å². The maximum Gasteiger partial charge on any atom is 0.327 e. The van der Waals surface area contributed by atoms with Crippen LogP contribution in [0.1, 0.15) is 18.5 Å². The smallest absolute Gasteiger partial charge is 0.327 e. The molecule has 2 aromatic rings. The highest BCUT2D eigenvalue weighted by Crippen LogP contribution is 2.26. The topological polar surface area (TPSA) is 46.9 Å². The molecule has 0 radical (unpaired) electrons. The van der Waals surface area contributed by atoms with Crippen molar-refractivity contribution in [1.82, 2.24) is 14.9 Å². The molecule has 0 saturated heterocycles. The minimum Gasteiger partial charge on any atom is -0.331 e.